The minimum Gasteiger partial charge on any atom is -0.352 e. The Hall–Kier alpha value is -3.14. The summed E-state index contributed by atoms with van der Waals surface area (Å²) in [5, 5.41) is 12.1. The van der Waals surface area contributed by atoms with Crippen molar-refractivity contribution in [2.45, 2.75) is 0 Å². The van der Waals surface area contributed by atoms with Crippen LogP contribution < -0.4 is 10.2 Å². The molecule has 4 heterocycles. The number of rotatable bonds is 3. The molecule has 0 saturated carbocycles. The number of aromatic nitrogens is 5. The van der Waals surface area contributed by atoms with Crippen molar-refractivity contribution in [3.05, 3.63) is 43.0 Å². The van der Waals surface area contributed by atoms with Gasteiger partial charge in [-0.3, -0.25) is 15.3 Å². The number of carbonyl (C=O) groups is 1. The van der Waals surface area contributed by atoms with E-state index in [2.05, 4.69) is 35.4 Å². The number of urea groups is 1. The number of nitrogens with zero attached hydrogens (tertiary/aromatic N) is 7. The molecule has 3 aromatic rings. The molecule has 0 bridgehead atoms. The largest absolute Gasteiger partial charge is 0.352 e. The maximum atomic E-state index is 12.4. The summed E-state index contributed by atoms with van der Waals surface area (Å²) in [6.07, 6.45) is 6.75. The van der Waals surface area contributed by atoms with E-state index in [4.69, 9.17) is 0 Å². The van der Waals surface area contributed by atoms with Gasteiger partial charge in [0.2, 0.25) is 5.13 Å². The highest BCUT2D eigenvalue weighted by atomic mass is 32.1. The quantitative estimate of drug-likeness (QED) is 0.751. The van der Waals surface area contributed by atoms with Gasteiger partial charge >= 0.3 is 6.03 Å². The molecule has 1 saturated heterocycles. The van der Waals surface area contributed by atoms with Gasteiger partial charge in [-0.15, -0.1) is 10.2 Å². The van der Waals surface area contributed by atoms with Gasteiger partial charge in [0.1, 0.15) is 11.5 Å². The van der Waals surface area contributed by atoms with E-state index < -0.39 is 0 Å². The first kappa shape index (κ1) is 16.3. The number of hydrogen-bond acceptors (Lipinski definition) is 8. The van der Waals surface area contributed by atoms with Gasteiger partial charge in [0.25, 0.3) is 0 Å². The van der Waals surface area contributed by atoms with Crippen molar-refractivity contribution >= 4 is 28.3 Å². The van der Waals surface area contributed by atoms with E-state index in [1.165, 1.54) is 11.3 Å². The highest BCUT2D eigenvalue weighted by molar-refractivity contribution is 7.18. The molecular formula is C16H16N8OS. The number of piperazine rings is 1. The zero-order valence-corrected chi connectivity index (χ0v) is 14.6. The van der Waals surface area contributed by atoms with Gasteiger partial charge in [-0.25, -0.2) is 9.78 Å². The molecule has 0 unspecified atom stereocenters. The van der Waals surface area contributed by atoms with Crippen LogP contribution in [0.25, 0.3) is 10.7 Å². The van der Waals surface area contributed by atoms with Gasteiger partial charge in [-0.2, -0.15) is 0 Å². The van der Waals surface area contributed by atoms with Gasteiger partial charge in [-0.1, -0.05) is 17.4 Å². The fourth-order valence-corrected chi connectivity index (χ4v) is 3.34. The normalized spacial score (nSPS) is 14.3. The summed E-state index contributed by atoms with van der Waals surface area (Å²) in [4.78, 5) is 28.9. The zero-order valence-electron chi connectivity index (χ0n) is 13.8. The zero-order chi connectivity index (χ0) is 17.8. The van der Waals surface area contributed by atoms with Gasteiger partial charge in [-0.05, 0) is 12.1 Å². The van der Waals surface area contributed by atoms with Crippen LogP contribution in [0.15, 0.2) is 43.0 Å². The van der Waals surface area contributed by atoms with Crippen LogP contribution >= 0.6 is 11.3 Å². The first-order valence-electron chi connectivity index (χ1n) is 8.11. The standard InChI is InChI=1S/C16H16N8OS/c25-16(20-15-22-21-14(26-15)12-3-1-2-4-18-12)24-9-7-23(8-10-24)13-11-17-5-6-19-13/h1-6,11H,7-10H2,(H,20,22,25). The van der Waals surface area contributed by atoms with Crippen LogP contribution in [0.4, 0.5) is 15.7 Å². The second-order valence-electron chi connectivity index (χ2n) is 5.60. The molecule has 132 valence electrons. The van der Waals surface area contributed by atoms with Crippen molar-refractivity contribution in [1.82, 2.24) is 30.0 Å². The fourth-order valence-electron chi connectivity index (χ4n) is 2.63. The number of carbonyl (C=O) groups excluding carboxylic acids is 1. The Morgan fingerprint density at radius 1 is 1.04 bits per heavy atom. The lowest BCUT2D eigenvalue weighted by Gasteiger charge is -2.34. The number of amides is 2. The lowest BCUT2D eigenvalue weighted by Crippen LogP contribution is -2.50. The topological polar surface area (TPSA) is 100 Å². The van der Waals surface area contributed by atoms with Crippen molar-refractivity contribution in [3.63, 3.8) is 0 Å². The van der Waals surface area contributed by atoms with Gasteiger partial charge in [0.15, 0.2) is 5.01 Å². The molecule has 1 fully saturated rings. The maximum absolute atomic E-state index is 12.4. The van der Waals surface area contributed by atoms with Crippen LogP contribution in [0.3, 0.4) is 0 Å². The predicted molar refractivity (Wildman–Crippen MR) is 98.0 cm³/mol. The molecule has 1 aliphatic rings. The smallest absolute Gasteiger partial charge is 0.323 e. The first-order chi connectivity index (χ1) is 12.8. The molecule has 0 atom stereocenters. The van der Waals surface area contributed by atoms with Crippen LogP contribution in [0.1, 0.15) is 0 Å². The minimum absolute atomic E-state index is 0.174. The van der Waals surface area contributed by atoms with Crippen molar-refractivity contribution in [2.75, 3.05) is 36.4 Å². The molecular weight excluding hydrogens is 352 g/mol. The van der Waals surface area contributed by atoms with E-state index in [9.17, 15) is 4.79 Å². The Balaban J connectivity index is 1.34. The highest BCUT2D eigenvalue weighted by Crippen LogP contribution is 2.24. The molecule has 0 spiro atoms. The highest BCUT2D eigenvalue weighted by Gasteiger charge is 2.23. The lowest BCUT2D eigenvalue weighted by molar-refractivity contribution is 0.208. The molecule has 0 aromatic carbocycles. The van der Waals surface area contributed by atoms with Gasteiger partial charge in [0.05, 0.1) is 6.20 Å². The average molecular weight is 368 g/mol. The van der Waals surface area contributed by atoms with Crippen molar-refractivity contribution in [2.24, 2.45) is 0 Å². The Morgan fingerprint density at radius 2 is 1.92 bits per heavy atom. The van der Waals surface area contributed by atoms with E-state index in [1.54, 1.807) is 29.7 Å². The molecule has 1 aliphatic heterocycles. The van der Waals surface area contributed by atoms with E-state index >= 15 is 0 Å². The Morgan fingerprint density at radius 3 is 2.65 bits per heavy atom. The van der Waals surface area contributed by atoms with Crippen LogP contribution in [0, 0.1) is 0 Å². The summed E-state index contributed by atoms with van der Waals surface area (Å²) < 4.78 is 0. The van der Waals surface area contributed by atoms with Crippen LogP contribution in [-0.4, -0.2) is 62.3 Å². The Labute approximate surface area is 153 Å². The molecule has 0 aliphatic carbocycles. The van der Waals surface area contributed by atoms with Crippen molar-refractivity contribution in [1.29, 1.82) is 0 Å². The van der Waals surface area contributed by atoms with Gasteiger partial charge in [0, 0.05) is 44.8 Å². The molecule has 10 heteroatoms. The molecule has 26 heavy (non-hydrogen) atoms. The summed E-state index contributed by atoms with van der Waals surface area (Å²) in [5.74, 6) is 0.830. The number of nitrogens with one attached hydrogen (secondary N) is 1. The predicted octanol–water partition coefficient (Wildman–Crippen LogP) is 1.74. The molecule has 0 radical (unpaired) electrons. The van der Waals surface area contributed by atoms with Gasteiger partial charge < -0.3 is 9.80 Å². The van der Waals surface area contributed by atoms with Crippen molar-refractivity contribution < 1.29 is 4.79 Å². The summed E-state index contributed by atoms with van der Waals surface area (Å²) in [6, 6.07) is 5.41. The molecule has 2 amide bonds. The number of pyridine rings is 1. The molecule has 4 rings (SSSR count). The van der Waals surface area contributed by atoms with E-state index in [0.717, 1.165) is 11.5 Å². The maximum Gasteiger partial charge on any atom is 0.323 e. The van der Waals surface area contributed by atoms with Crippen LogP contribution in [-0.2, 0) is 0 Å². The monoisotopic (exact) mass is 368 g/mol. The van der Waals surface area contributed by atoms with E-state index in [-0.39, 0.29) is 6.03 Å². The number of anilines is 2. The fraction of sp³-hybridized carbons (Fsp3) is 0.250. The SMILES string of the molecule is O=C(Nc1nnc(-c2ccccn2)s1)N1CCN(c2cnccn2)CC1. The third kappa shape index (κ3) is 3.59. The third-order valence-corrected chi connectivity index (χ3v) is 4.82. The van der Waals surface area contributed by atoms with Crippen LogP contribution in [0.2, 0.25) is 0 Å². The molecule has 9 nitrogen and oxygen atoms in total. The Bertz CT molecular complexity index is 864. The third-order valence-electron chi connectivity index (χ3n) is 3.96. The molecule has 1 N–H and O–H groups in total. The lowest BCUT2D eigenvalue weighted by atomic mass is 10.3. The Kier molecular flexibility index (Phi) is 4.65. The average Bonchev–Trinajstić information content (AvgIpc) is 3.18. The summed E-state index contributed by atoms with van der Waals surface area (Å²) in [6.45, 7) is 2.63. The van der Waals surface area contributed by atoms with Crippen LogP contribution in [0.5, 0.6) is 0 Å². The van der Waals surface area contributed by atoms with Crippen molar-refractivity contribution in [3.8, 4) is 10.7 Å². The number of hydrogen-bond donors (Lipinski definition) is 1. The second kappa shape index (κ2) is 7.40. The summed E-state index contributed by atoms with van der Waals surface area (Å²) >= 11 is 1.30. The van der Waals surface area contributed by atoms with E-state index in [0.29, 0.717) is 36.3 Å². The minimum atomic E-state index is -0.174. The summed E-state index contributed by atoms with van der Waals surface area (Å²) in [7, 11) is 0. The second-order valence-corrected chi connectivity index (χ2v) is 6.57. The van der Waals surface area contributed by atoms with E-state index in [1.807, 2.05) is 18.2 Å². The first-order valence-corrected chi connectivity index (χ1v) is 8.93. The summed E-state index contributed by atoms with van der Waals surface area (Å²) in [5.41, 5.74) is 0.739. The molecule has 3 aromatic heterocycles.